The zero-order valence-electron chi connectivity index (χ0n) is 9.77. The highest BCUT2D eigenvalue weighted by atomic mass is 79.9. The van der Waals surface area contributed by atoms with Crippen molar-refractivity contribution < 1.29 is 13.9 Å². The zero-order valence-corrected chi connectivity index (χ0v) is 11.4. The van der Waals surface area contributed by atoms with Gasteiger partial charge in [-0.2, -0.15) is 0 Å². The number of hydrogen-bond acceptors (Lipinski definition) is 4. The summed E-state index contributed by atoms with van der Waals surface area (Å²) in [4.78, 5) is 11.9. The number of nitrogens with two attached hydrogens (primary N) is 1. The van der Waals surface area contributed by atoms with Gasteiger partial charge in [0.2, 0.25) is 0 Å². The third-order valence-electron chi connectivity index (χ3n) is 3.77. The number of furan rings is 1. The third-order valence-corrected chi connectivity index (χ3v) is 4.20. The second-order valence-corrected chi connectivity index (χ2v) is 5.60. The van der Waals surface area contributed by atoms with Crippen LogP contribution in [-0.4, -0.2) is 30.7 Å². The Labute approximate surface area is 113 Å². The molecule has 0 radical (unpaired) electrons. The molecule has 1 aliphatic heterocycles. The molecule has 4 atom stereocenters. The molecule has 1 aromatic rings. The van der Waals surface area contributed by atoms with E-state index in [0.717, 1.165) is 19.4 Å². The van der Waals surface area contributed by atoms with Gasteiger partial charge in [-0.05, 0) is 40.9 Å². The van der Waals surface area contributed by atoms with E-state index in [4.69, 9.17) is 14.9 Å². The van der Waals surface area contributed by atoms with Crippen molar-refractivity contribution in [2.45, 2.75) is 31.0 Å². The molecule has 3 rings (SSSR count). The quantitative estimate of drug-likeness (QED) is 0.862. The Morgan fingerprint density at radius 2 is 2.33 bits per heavy atom. The summed E-state index contributed by atoms with van der Waals surface area (Å²) >= 11 is 3.17. The predicted octanol–water partition coefficient (Wildman–Crippen LogP) is 1.28. The highest BCUT2D eigenvalue weighted by Crippen LogP contribution is 2.37. The van der Waals surface area contributed by atoms with Gasteiger partial charge in [0.15, 0.2) is 10.4 Å². The molecule has 2 fully saturated rings. The summed E-state index contributed by atoms with van der Waals surface area (Å²) < 4.78 is 11.4. The molecule has 0 bridgehead atoms. The van der Waals surface area contributed by atoms with Gasteiger partial charge in [-0.25, -0.2) is 0 Å². The van der Waals surface area contributed by atoms with Gasteiger partial charge in [-0.15, -0.1) is 0 Å². The highest BCUT2D eigenvalue weighted by molar-refractivity contribution is 9.10. The number of hydrogen-bond donors (Lipinski definition) is 2. The molecule has 1 aliphatic carbocycles. The first-order chi connectivity index (χ1) is 8.66. The zero-order chi connectivity index (χ0) is 12.7. The lowest BCUT2D eigenvalue weighted by atomic mass is 9.68. The van der Waals surface area contributed by atoms with Crippen LogP contribution < -0.4 is 11.1 Å². The average Bonchev–Trinajstić information content (AvgIpc) is 2.82. The summed E-state index contributed by atoms with van der Waals surface area (Å²) in [6.07, 6.45) is 2.21. The number of halogens is 1. The summed E-state index contributed by atoms with van der Waals surface area (Å²) in [6.45, 7) is 0.757. The van der Waals surface area contributed by atoms with Gasteiger partial charge >= 0.3 is 0 Å². The number of carbonyl (C=O) groups is 1. The Hall–Kier alpha value is -0.850. The van der Waals surface area contributed by atoms with Crippen molar-refractivity contribution in [1.82, 2.24) is 5.32 Å². The Morgan fingerprint density at radius 1 is 1.50 bits per heavy atom. The van der Waals surface area contributed by atoms with Crippen molar-refractivity contribution in [3.8, 4) is 0 Å². The molecule has 2 aliphatic rings. The average molecular weight is 315 g/mol. The van der Waals surface area contributed by atoms with Crippen molar-refractivity contribution in [2.75, 3.05) is 6.61 Å². The molecule has 1 aromatic heterocycles. The third kappa shape index (κ3) is 1.98. The van der Waals surface area contributed by atoms with E-state index in [1.807, 2.05) is 0 Å². The van der Waals surface area contributed by atoms with Crippen LogP contribution in [0, 0.1) is 5.92 Å². The first kappa shape index (κ1) is 12.2. The lowest BCUT2D eigenvalue weighted by molar-refractivity contribution is -0.117. The highest BCUT2D eigenvalue weighted by Gasteiger charge is 2.51. The molecule has 5 nitrogen and oxygen atoms in total. The SMILES string of the molecule is NC1C2CCCOC2C1NC(=O)c1ccc(Br)o1. The van der Waals surface area contributed by atoms with Gasteiger partial charge in [-0.1, -0.05) is 0 Å². The summed E-state index contributed by atoms with van der Waals surface area (Å²) in [5, 5.41) is 2.89. The molecule has 4 unspecified atom stereocenters. The second-order valence-electron chi connectivity index (χ2n) is 4.82. The fourth-order valence-corrected chi connectivity index (χ4v) is 3.09. The van der Waals surface area contributed by atoms with Gasteiger partial charge in [0.05, 0.1) is 12.1 Å². The molecule has 3 N–H and O–H groups in total. The van der Waals surface area contributed by atoms with Crippen molar-refractivity contribution in [2.24, 2.45) is 11.7 Å². The van der Waals surface area contributed by atoms with E-state index < -0.39 is 0 Å². The maximum absolute atomic E-state index is 11.9. The van der Waals surface area contributed by atoms with Crippen LogP contribution in [0.4, 0.5) is 0 Å². The van der Waals surface area contributed by atoms with E-state index in [9.17, 15) is 4.79 Å². The molecular formula is C12H15BrN2O3. The smallest absolute Gasteiger partial charge is 0.287 e. The normalized spacial score (nSPS) is 34.6. The van der Waals surface area contributed by atoms with E-state index in [-0.39, 0.29) is 29.9 Å². The molecule has 2 heterocycles. The first-order valence-corrected chi connectivity index (χ1v) is 6.89. The van der Waals surface area contributed by atoms with Crippen molar-refractivity contribution in [1.29, 1.82) is 0 Å². The topological polar surface area (TPSA) is 77.5 Å². The summed E-state index contributed by atoms with van der Waals surface area (Å²) in [5.74, 6) is 0.425. The maximum atomic E-state index is 11.9. The van der Waals surface area contributed by atoms with Crippen molar-refractivity contribution >= 4 is 21.8 Å². The fourth-order valence-electron chi connectivity index (χ4n) is 2.78. The lowest BCUT2D eigenvalue weighted by Gasteiger charge is -2.52. The largest absolute Gasteiger partial charge is 0.444 e. The molecular weight excluding hydrogens is 300 g/mol. The number of nitrogens with one attached hydrogen (secondary N) is 1. The van der Waals surface area contributed by atoms with Crippen molar-refractivity contribution in [3.05, 3.63) is 22.6 Å². The molecule has 18 heavy (non-hydrogen) atoms. The van der Waals surface area contributed by atoms with Crippen LogP contribution >= 0.6 is 15.9 Å². The Morgan fingerprint density at radius 3 is 3.06 bits per heavy atom. The number of rotatable bonds is 2. The van der Waals surface area contributed by atoms with E-state index in [0.29, 0.717) is 10.6 Å². The lowest BCUT2D eigenvalue weighted by Crippen LogP contribution is -2.72. The minimum atomic E-state index is -0.242. The van der Waals surface area contributed by atoms with E-state index in [1.165, 1.54) is 0 Å². The minimum Gasteiger partial charge on any atom is -0.444 e. The van der Waals surface area contributed by atoms with E-state index >= 15 is 0 Å². The predicted molar refractivity (Wildman–Crippen MR) is 68.1 cm³/mol. The molecule has 0 spiro atoms. The molecule has 6 heteroatoms. The minimum absolute atomic E-state index is 0.0161. The number of amides is 1. The number of ether oxygens (including phenoxy) is 1. The Bertz CT molecular complexity index is 462. The molecule has 0 aromatic carbocycles. The van der Waals surface area contributed by atoms with Crippen LogP contribution in [0.2, 0.25) is 0 Å². The number of carbonyl (C=O) groups excluding carboxylic acids is 1. The fraction of sp³-hybridized carbons (Fsp3) is 0.583. The van der Waals surface area contributed by atoms with Gasteiger partial charge in [0.25, 0.3) is 5.91 Å². The van der Waals surface area contributed by atoms with Crippen LogP contribution in [0.15, 0.2) is 21.2 Å². The summed E-state index contributed by atoms with van der Waals surface area (Å²) in [7, 11) is 0. The van der Waals surface area contributed by atoms with Gasteiger partial charge < -0.3 is 20.2 Å². The first-order valence-electron chi connectivity index (χ1n) is 6.10. The van der Waals surface area contributed by atoms with Gasteiger partial charge in [0.1, 0.15) is 0 Å². The van der Waals surface area contributed by atoms with Crippen LogP contribution in [-0.2, 0) is 4.74 Å². The summed E-state index contributed by atoms with van der Waals surface area (Å²) in [6, 6.07) is 3.20. The molecule has 1 saturated heterocycles. The molecule has 1 amide bonds. The van der Waals surface area contributed by atoms with E-state index in [2.05, 4.69) is 21.2 Å². The second kappa shape index (κ2) is 4.68. The van der Waals surface area contributed by atoms with Crippen LogP contribution in [0.1, 0.15) is 23.4 Å². The number of fused-ring (bicyclic) bond motifs is 1. The molecule has 98 valence electrons. The van der Waals surface area contributed by atoms with Crippen molar-refractivity contribution in [3.63, 3.8) is 0 Å². The Balaban J connectivity index is 1.64. The maximum Gasteiger partial charge on any atom is 0.287 e. The van der Waals surface area contributed by atoms with Crippen LogP contribution in [0.5, 0.6) is 0 Å². The van der Waals surface area contributed by atoms with Crippen LogP contribution in [0.3, 0.4) is 0 Å². The van der Waals surface area contributed by atoms with Gasteiger partial charge in [-0.3, -0.25) is 4.79 Å². The standard InChI is InChI=1S/C12H15BrN2O3/c13-8-4-3-7(18-8)12(16)15-10-9(14)6-2-1-5-17-11(6)10/h3-4,6,9-11H,1-2,5,14H2,(H,15,16). The Kier molecular flexibility index (Phi) is 3.17. The molecule has 1 saturated carbocycles. The van der Waals surface area contributed by atoms with Gasteiger partial charge in [0, 0.05) is 18.6 Å². The van der Waals surface area contributed by atoms with Crippen LogP contribution in [0.25, 0.3) is 0 Å². The summed E-state index contributed by atoms with van der Waals surface area (Å²) in [5.41, 5.74) is 6.07. The monoisotopic (exact) mass is 314 g/mol. The van der Waals surface area contributed by atoms with E-state index in [1.54, 1.807) is 12.1 Å².